The molecule has 4 heteroatoms. The number of hydrogen-bond donors (Lipinski definition) is 1. The monoisotopic (exact) mass is 246 g/mol. The van der Waals surface area contributed by atoms with E-state index >= 15 is 0 Å². The molecule has 0 radical (unpaired) electrons. The second-order valence-electron chi connectivity index (χ2n) is 3.46. The number of hydrogen-bond acceptors (Lipinski definition) is 4. The molecule has 0 saturated heterocycles. The van der Waals surface area contributed by atoms with Crippen molar-refractivity contribution in [1.82, 2.24) is 4.98 Å². The van der Waals surface area contributed by atoms with Crippen LogP contribution >= 0.6 is 11.8 Å². The molecular weight excluding hydrogens is 232 g/mol. The summed E-state index contributed by atoms with van der Waals surface area (Å²) >= 11 is 1.65. The number of benzene rings is 1. The highest BCUT2D eigenvalue weighted by atomic mass is 32.2. The van der Waals surface area contributed by atoms with E-state index in [9.17, 15) is 0 Å². The molecule has 0 bridgehead atoms. The number of ether oxygens (including phenoxy) is 1. The van der Waals surface area contributed by atoms with Crippen molar-refractivity contribution in [2.24, 2.45) is 5.73 Å². The summed E-state index contributed by atoms with van der Waals surface area (Å²) < 4.78 is 5.76. The summed E-state index contributed by atoms with van der Waals surface area (Å²) in [5.74, 6) is 1.40. The number of para-hydroxylation sites is 1. The Kier molecular flexibility index (Phi) is 4.01. The van der Waals surface area contributed by atoms with E-state index in [1.54, 1.807) is 18.0 Å². The van der Waals surface area contributed by atoms with Gasteiger partial charge in [0.1, 0.15) is 5.75 Å². The zero-order valence-electron chi connectivity index (χ0n) is 9.59. The molecule has 0 aliphatic heterocycles. The lowest BCUT2D eigenvalue weighted by molar-refractivity contribution is 0.451. The molecule has 3 nitrogen and oxygen atoms in total. The van der Waals surface area contributed by atoms with Gasteiger partial charge in [-0.2, -0.15) is 0 Å². The molecule has 0 aliphatic carbocycles. The van der Waals surface area contributed by atoms with Crippen molar-refractivity contribution in [3.8, 4) is 11.6 Å². The van der Waals surface area contributed by atoms with Crippen LogP contribution in [0.2, 0.25) is 0 Å². The third-order valence-corrected chi connectivity index (χ3v) is 3.10. The predicted molar refractivity (Wildman–Crippen MR) is 70.4 cm³/mol. The van der Waals surface area contributed by atoms with E-state index in [1.165, 1.54) is 0 Å². The van der Waals surface area contributed by atoms with Gasteiger partial charge < -0.3 is 10.5 Å². The van der Waals surface area contributed by atoms with E-state index in [4.69, 9.17) is 10.5 Å². The summed E-state index contributed by atoms with van der Waals surface area (Å²) in [6.45, 7) is 0.489. The molecular formula is C13H14N2OS. The molecule has 17 heavy (non-hydrogen) atoms. The van der Waals surface area contributed by atoms with E-state index < -0.39 is 0 Å². The standard InChI is InChI=1S/C13H14N2OS/c1-17-12-5-3-2-4-11(12)16-13-8-10(9-14)6-7-15-13/h2-8H,9,14H2,1H3. The van der Waals surface area contributed by atoms with Crippen molar-refractivity contribution in [3.63, 3.8) is 0 Å². The molecule has 2 aromatic rings. The minimum atomic E-state index is 0.489. The molecule has 2 N–H and O–H groups in total. The fraction of sp³-hybridized carbons (Fsp3) is 0.154. The number of nitrogens with two attached hydrogens (primary N) is 1. The third kappa shape index (κ3) is 2.99. The van der Waals surface area contributed by atoms with Gasteiger partial charge in [-0.25, -0.2) is 4.98 Å². The zero-order valence-corrected chi connectivity index (χ0v) is 10.4. The van der Waals surface area contributed by atoms with E-state index in [0.29, 0.717) is 12.4 Å². The highest BCUT2D eigenvalue weighted by Gasteiger charge is 2.04. The van der Waals surface area contributed by atoms with Gasteiger partial charge in [0.15, 0.2) is 0 Å². The topological polar surface area (TPSA) is 48.1 Å². The van der Waals surface area contributed by atoms with Crippen molar-refractivity contribution >= 4 is 11.8 Å². The summed E-state index contributed by atoms with van der Waals surface area (Å²) in [6.07, 6.45) is 3.73. The van der Waals surface area contributed by atoms with Gasteiger partial charge >= 0.3 is 0 Å². The minimum Gasteiger partial charge on any atom is -0.438 e. The van der Waals surface area contributed by atoms with Gasteiger partial charge in [-0.15, -0.1) is 11.8 Å². The first kappa shape index (κ1) is 12.0. The average Bonchev–Trinajstić information content (AvgIpc) is 2.39. The minimum absolute atomic E-state index is 0.489. The van der Waals surface area contributed by atoms with Gasteiger partial charge in [-0.1, -0.05) is 12.1 Å². The summed E-state index contributed by atoms with van der Waals surface area (Å²) in [4.78, 5) is 5.26. The molecule has 0 aliphatic rings. The maximum Gasteiger partial charge on any atom is 0.219 e. The van der Waals surface area contributed by atoms with Gasteiger partial charge in [-0.05, 0) is 30.0 Å². The summed E-state index contributed by atoms with van der Waals surface area (Å²) in [5.41, 5.74) is 6.59. The third-order valence-electron chi connectivity index (χ3n) is 2.32. The highest BCUT2D eigenvalue weighted by molar-refractivity contribution is 7.98. The number of pyridine rings is 1. The average molecular weight is 246 g/mol. The Bertz CT molecular complexity index is 502. The van der Waals surface area contributed by atoms with Crippen molar-refractivity contribution in [2.45, 2.75) is 11.4 Å². The molecule has 1 heterocycles. The maximum atomic E-state index is 5.76. The van der Waals surface area contributed by atoms with Crippen LogP contribution in [0.25, 0.3) is 0 Å². The molecule has 1 aromatic heterocycles. The van der Waals surface area contributed by atoms with Crippen LogP contribution in [0, 0.1) is 0 Å². The number of thioether (sulfide) groups is 1. The summed E-state index contributed by atoms with van der Waals surface area (Å²) in [6, 6.07) is 11.6. The first-order valence-corrected chi connectivity index (χ1v) is 6.52. The molecule has 88 valence electrons. The van der Waals surface area contributed by atoms with Crippen molar-refractivity contribution in [3.05, 3.63) is 48.2 Å². The Balaban J connectivity index is 2.24. The van der Waals surface area contributed by atoms with E-state index in [0.717, 1.165) is 16.2 Å². The van der Waals surface area contributed by atoms with Gasteiger partial charge in [0.2, 0.25) is 5.88 Å². The first-order chi connectivity index (χ1) is 8.33. The normalized spacial score (nSPS) is 10.2. The molecule has 0 unspecified atom stereocenters. The molecule has 0 amide bonds. The second-order valence-corrected chi connectivity index (χ2v) is 4.31. The van der Waals surface area contributed by atoms with E-state index in [2.05, 4.69) is 4.98 Å². The van der Waals surface area contributed by atoms with E-state index in [-0.39, 0.29) is 0 Å². The lowest BCUT2D eigenvalue weighted by atomic mass is 10.3. The molecule has 0 saturated carbocycles. The van der Waals surface area contributed by atoms with E-state index in [1.807, 2.05) is 42.7 Å². The fourth-order valence-electron chi connectivity index (χ4n) is 1.45. The SMILES string of the molecule is CSc1ccccc1Oc1cc(CN)ccn1. The molecule has 1 aromatic carbocycles. The Labute approximate surface area is 105 Å². The largest absolute Gasteiger partial charge is 0.438 e. The number of aromatic nitrogens is 1. The molecule has 2 rings (SSSR count). The van der Waals surface area contributed by atoms with Crippen molar-refractivity contribution < 1.29 is 4.74 Å². The second kappa shape index (κ2) is 5.70. The van der Waals surface area contributed by atoms with Crippen LogP contribution in [0.4, 0.5) is 0 Å². The van der Waals surface area contributed by atoms with Crippen molar-refractivity contribution in [1.29, 1.82) is 0 Å². The van der Waals surface area contributed by atoms with Gasteiger partial charge in [-0.3, -0.25) is 0 Å². The quantitative estimate of drug-likeness (QED) is 0.842. The smallest absolute Gasteiger partial charge is 0.219 e. The van der Waals surface area contributed by atoms with Crippen LogP contribution in [-0.2, 0) is 6.54 Å². The van der Waals surface area contributed by atoms with Crippen LogP contribution in [0.3, 0.4) is 0 Å². The number of rotatable bonds is 4. The van der Waals surface area contributed by atoms with Crippen LogP contribution < -0.4 is 10.5 Å². The highest BCUT2D eigenvalue weighted by Crippen LogP contribution is 2.30. The Morgan fingerprint density at radius 2 is 2.12 bits per heavy atom. The fourth-order valence-corrected chi connectivity index (χ4v) is 1.97. The summed E-state index contributed by atoms with van der Waals surface area (Å²) in [5, 5.41) is 0. The van der Waals surface area contributed by atoms with Gasteiger partial charge in [0.25, 0.3) is 0 Å². The predicted octanol–water partition coefficient (Wildman–Crippen LogP) is 3.05. The van der Waals surface area contributed by atoms with Gasteiger partial charge in [0, 0.05) is 23.7 Å². The van der Waals surface area contributed by atoms with Crippen LogP contribution in [0.1, 0.15) is 5.56 Å². The molecule has 0 spiro atoms. The summed E-state index contributed by atoms with van der Waals surface area (Å²) in [7, 11) is 0. The molecule has 0 atom stereocenters. The maximum absolute atomic E-state index is 5.76. The Hall–Kier alpha value is -1.52. The van der Waals surface area contributed by atoms with Crippen LogP contribution in [0.15, 0.2) is 47.5 Å². The Morgan fingerprint density at radius 3 is 2.88 bits per heavy atom. The lowest BCUT2D eigenvalue weighted by Gasteiger charge is -2.08. The Morgan fingerprint density at radius 1 is 1.29 bits per heavy atom. The van der Waals surface area contributed by atoms with Gasteiger partial charge in [0.05, 0.1) is 0 Å². The number of nitrogens with zero attached hydrogens (tertiary/aromatic N) is 1. The first-order valence-electron chi connectivity index (χ1n) is 5.29. The van der Waals surface area contributed by atoms with Crippen LogP contribution in [0.5, 0.6) is 11.6 Å². The lowest BCUT2D eigenvalue weighted by Crippen LogP contribution is -1.97. The zero-order chi connectivity index (χ0) is 12.1. The van der Waals surface area contributed by atoms with Crippen molar-refractivity contribution in [2.75, 3.05) is 6.26 Å². The molecule has 0 fully saturated rings. The van der Waals surface area contributed by atoms with Crippen LogP contribution in [-0.4, -0.2) is 11.2 Å².